The van der Waals surface area contributed by atoms with Crippen LogP contribution in [0.2, 0.25) is 0 Å². The lowest BCUT2D eigenvalue weighted by atomic mass is 10.1. The van der Waals surface area contributed by atoms with Crippen molar-refractivity contribution < 1.29 is 0 Å². The molecule has 2 aromatic heterocycles. The Bertz CT molecular complexity index is 633. The maximum Gasteiger partial charge on any atom is 0.266 e. The summed E-state index contributed by atoms with van der Waals surface area (Å²) in [4.78, 5) is 15.8. The van der Waals surface area contributed by atoms with Gasteiger partial charge in [0.2, 0.25) is 0 Å². The van der Waals surface area contributed by atoms with Gasteiger partial charge in [-0.1, -0.05) is 19.8 Å². The van der Waals surface area contributed by atoms with Crippen molar-refractivity contribution in [1.29, 1.82) is 0 Å². The third kappa shape index (κ3) is 2.21. The fourth-order valence-corrected chi connectivity index (χ4v) is 1.71. The zero-order chi connectivity index (χ0) is 13.0. The van der Waals surface area contributed by atoms with Crippen LogP contribution in [0.5, 0.6) is 0 Å². The van der Waals surface area contributed by atoms with Crippen molar-refractivity contribution in [3.63, 3.8) is 0 Å². The molecule has 88 valence electrons. The summed E-state index contributed by atoms with van der Waals surface area (Å²) in [5.74, 6) is 2.46. The number of terminal acetylenes is 1. The Hall–Kier alpha value is -2.08. The first kappa shape index (κ1) is 13.0. The van der Waals surface area contributed by atoms with E-state index in [1.165, 1.54) is 4.57 Å². The van der Waals surface area contributed by atoms with Crippen molar-refractivity contribution in [2.45, 2.75) is 20.8 Å². The minimum atomic E-state index is -0.140. The highest BCUT2D eigenvalue weighted by atomic mass is 16.1. The maximum atomic E-state index is 11.8. The molecule has 0 aromatic carbocycles. The van der Waals surface area contributed by atoms with Gasteiger partial charge in [-0.05, 0) is 12.5 Å². The van der Waals surface area contributed by atoms with Gasteiger partial charge in [0, 0.05) is 36.4 Å². The molecule has 0 bridgehead atoms. The Kier molecular flexibility index (Phi) is 4.06. The number of hydrogen-bond acceptors (Lipinski definition) is 2. The Labute approximate surface area is 101 Å². The molecule has 0 aliphatic rings. The second-order valence-electron chi connectivity index (χ2n) is 3.49. The minimum absolute atomic E-state index is 0.140. The Morgan fingerprint density at radius 3 is 2.59 bits per heavy atom. The van der Waals surface area contributed by atoms with Gasteiger partial charge < -0.3 is 4.57 Å². The van der Waals surface area contributed by atoms with E-state index < -0.39 is 0 Å². The summed E-state index contributed by atoms with van der Waals surface area (Å²) in [6.07, 6.45) is 10.5. The number of fused-ring (bicyclic) bond motifs is 1. The first-order chi connectivity index (χ1) is 8.15. The van der Waals surface area contributed by atoms with Crippen molar-refractivity contribution in [1.82, 2.24) is 9.55 Å². The van der Waals surface area contributed by atoms with Crippen molar-refractivity contribution in [2.24, 2.45) is 7.05 Å². The molecule has 3 heteroatoms. The Morgan fingerprint density at radius 2 is 2.00 bits per heavy atom. The van der Waals surface area contributed by atoms with E-state index in [0.717, 1.165) is 16.3 Å². The van der Waals surface area contributed by atoms with Gasteiger partial charge in [0.05, 0.1) is 5.56 Å². The zero-order valence-electron chi connectivity index (χ0n) is 10.6. The fourth-order valence-electron chi connectivity index (χ4n) is 1.71. The summed E-state index contributed by atoms with van der Waals surface area (Å²) in [5.41, 5.74) is 1.20. The van der Waals surface area contributed by atoms with Gasteiger partial charge >= 0.3 is 0 Å². The first-order valence-electron chi connectivity index (χ1n) is 5.55. The highest BCUT2D eigenvalue weighted by Gasteiger charge is 2.08. The molecule has 0 saturated carbocycles. The topological polar surface area (TPSA) is 34.9 Å². The maximum absolute atomic E-state index is 11.8. The molecule has 2 heterocycles. The molecule has 17 heavy (non-hydrogen) atoms. The summed E-state index contributed by atoms with van der Waals surface area (Å²) in [7, 11) is 1.69. The van der Waals surface area contributed by atoms with Crippen LogP contribution in [0.25, 0.3) is 10.8 Å². The van der Waals surface area contributed by atoms with E-state index >= 15 is 0 Å². The van der Waals surface area contributed by atoms with Gasteiger partial charge in [-0.3, -0.25) is 9.78 Å². The summed E-state index contributed by atoms with van der Waals surface area (Å²) in [6, 6.07) is 0. The quantitative estimate of drug-likeness (QED) is 0.648. The molecule has 0 radical (unpaired) electrons. The summed E-state index contributed by atoms with van der Waals surface area (Å²) >= 11 is 0. The van der Waals surface area contributed by atoms with Gasteiger partial charge in [-0.2, -0.15) is 0 Å². The molecule has 0 fully saturated rings. The molecule has 0 amide bonds. The molecule has 0 aliphatic heterocycles. The predicted octanol–water partition coefficient (Wildman–Crippen LogP) is 2.25. The molecule has 0 spiro atoms. The van der Waals surface area contributed by atoms with Crippen molar-refractivity contribution in [2.75, 3.05) is 0 Å². The smallest absolute Gasteiger partial charge is 0.266 e. The van der Waals surface area contributed by atoms with Crippen LogP contribution in [0.15, 0.2) is 23.4 Å². The largest absolute Gasteiger partial charge is 0.317 e. The molecule has 0 saturated heterocycles. The van der Waals surface area contributed by atoms with E-state index in [-0.39, 0.29) is 5.56 Å². The lowest BCUT2D eigenvalue weighted by Crippen LogP contribution is -2.19. The van der Waals surface area contributed by atoms with E-state index in [0.29, 0.717) is 5.56 Å². The van der Waals surface area contributed by atoms with Crippen molar-refractivity contribution >= 4 is 10.8 Å². The molecular formula is C14H16N2O. The average molecular weight is 228 g/mol. The average Bonchev–Trinajstić information content (AvgIpc) is 2.34. The lowest BCUT2D eigenvalue weighted by Gasteiger charge is -2.06. The molecule has 0 atom stereocenters. The Balaban J connectivity index is 0.000000686. The highest BCUT2D eigenvalue weighted by molar-refractivity contribution is 5.89. The molecule has 3 nitrogen and oxygen atoms in total. The van der Waals surface area contributed by atoms with Crippen molar-refractivity contribution in [3.8, 4) is 12.3 Å². The zero-order valence-corrected chi connectivity index (χ0v) is 10.6. The van der Waals surface area contributed by atoms with E-state index in [2.05, 4.69) is 10.9 Å². The second kappa shape index (κ2) is 5.31. The molecule has 2 aromatic rings. The fraction of sp³-hybridized carbons (Fsp3) is 0.286. The Morgan fingerprint density at radius 1 is 1.35 bits per heavy atom. The normalized spacial score (nSPS) is 9.35. The van der Waals surface area contributed by atoms with Crippen LogP contribution in [0.4, 0.5) is 0 Å². The van der Waals surface area contributed by atoms with Crippen LogP contribution in [0.3, 0.4) is 0 Å². The number of nitrogens with zero attached hydrogens (tertiary/aromatic N) is 2. The van der Waals surface area contributed by atoms with Crippen LogP contribution >= 0.6 is 0 Å². The molecule has 0 aliphatic carbocycles. The number of aromatic nitrogens is 2. The lowest BCUT2D eigenvalue weighted by molar-refractivity contribution is 0.866. The van der Waals surface area contributed by atoms with Crippen molar-refractivity contribution in [3.05, 3.63) is 40.1 Å². The molecule has 2 rings (SSSR count). The van der Waals surface area contributed by atoms with Gasteiger partial charge in [-0.25, -0.2) is 0 Å². The van der Waals surface area contributed by atoms with E-state index in [9.17, 15) is 4.79 Å². The third-order valence-corrected chi connectivity index (χ3v) is 2.43. The molecule has 0 N–H and O–H groups in total. The number of rotatable bonds is 0. The third-order valence-electron chi connectivity index (χ3n) is 2.43. The highest BCUT2D eigenvalue weighted by Crippen LogP contribution is 2.17. The van der Waals surface area contributed by atoms with Gasteiger partial charge in [0.1, 0.15) is 0 Å². The SMILES string of the molecule is C#Cc1c(=O)n(C)cc2cncc(C)c12.CC. The van der Waals surface area contributed by atoms with Crippen LogP contribution in [0, 0.1) is 19.3 Å². The molecular weight excluding hydrogens is 212 g/mol. The van der Waals surface area contributed by atoms with Crippen LogP contribution in [-0.2, 0) is 7.05 Å². The monoisotopic (exact) mass is 228 g/mol. The number of pyridine rings is 2. The van der Waals surface area contributed by atoms with Crippen LogP contribution < -0.4 is 5.56 Å². The number of aryl methyl sites for hydroxylation is 2. The molecule has 0 unspecified atom stereocenters. The summed E-state index contributed by atoms with van der Waals surface area (Å²) < 4.78 is 1.48. The van der Waals surface area contributed by atoms with Gasteiger partial charge in [0.15, 0.2) is 0 Å². The van der Waals surface area contributed by atoms with Crippen LogP contribution in [0.1, 0.15) is 25.0 Å². The standard InChI is InChI=1S/C12H10N2O.C2H6/c1-4-10-11-8(2)5-13-6-9(11)7-14(3)12(10)15;1-2/h1,5-7H,2-3H3;1-2H3. The second-order valence-corrected chi connectivity index (χ2v) is 3.49. The first-order valence-corrected chi connectivity index (χ1v) is 5.55. The number of hydrogen-bond donors (Lipinski definition) is 0. The summed E-state index contributed by atoms with van der Waals surface area (Å²) in [6.45, 7) is 5.90. The van der Waals surface area contributed by atoms with Gasteiger partial charge in [0.25, 0.3) is 5.56 Å². The van der Waals surface area contributed by atoms with Gasteiger partial charge in [-0.15, -0.1) is 6.42 Å². The predicted molar refractivity (Wildman–Crippen MR) is 71.0 cm³/mol. The van der Waals surface area contributed by atoms with E-state index in [4.69, 9.17) is 6.42 Å². The van der Waals surface area contributed by atoms with Crippen LogP contribution in [-0.4, -0.2) is 9.55 Å². The summed E-state index contributed by atoms with van der Waals surface area (Å²) in [5, 5.41) is 1.72. The minimum Gasteiger partial charge on any atom is -0.317 e. The van der Waals surface area contributed by atoms with E-state index in [1.807, 2.05) is 20.8 Å². The van der Waals surface area contributed by atoms with E-state index in [1.54, 1.807) is 25.6 Å².